The van der Waals surface area contributed by atoms with E-state index in [1.807, 2.05) is 25.2 Å². The van der Waals surface area contributed by atoms with Crippen LogP contribution in [0, 0.1) is 5.92 Å². The summed E-state index contributed by atoms with van der Waals surface area (Å²) in [6, 6.07) is 0. The standard InChI is InChI=1S/C14H22N6S/c1-18(2)14-16-12(17-21-14)10-19(3)8-11-4-5-13-15-6-7-20(13)9-11/h6-7,11H,4-5,8-10H2,1-3H3/t11-/m0/s1. The minimum atomic E-state index is 0.684. The highest BCUT2D eigenvalue weighted by atomic mass is 32.1. The molecule has 0 bridgehead atoms. The lowest BCUT2D eigenvalue weighted by atomic mass is 9.99. The predicted octanol–water partition coefficient (Wildman–Crippen LogP) is 1.49. The van der Waals surface area contributed by atoms with Gasteiger partial charge in [-0.15, -0.1) is 0 Å². The van der Waals surface area contributed by atoms with Crippen molar-refractivity contribution >= 4 is 16.7 Å². The van der Waals surface area contributed by atoms with E-state index >= 15 is 0 Å². The van der Waals surface area contributed by atoms with Gasteiger partial charge in [-0.2, -0.15) is 4.37 Å². The number of hydrogen-bond acceptors (Lipinski definition) is 6. The summed E-state index contributed by atoms with van der Waals surface area (Å²) in [5, 5.41) is 0.971. The number of fused-ring (bicyclic) bond motifs is 1. The molecule has 21 heavy (non-hydrogen) atoms. The van der Waals surface area contributed by atoms with Crippen LogP contribution in [0.1, 0.15) is 18.1 Å². The first-order chi connectivity index (χ1) is 10.1. The third kappa shape index (κ3) is 3.41. The number of rotatable bonds is 5. The van der Waals surface area contributed by atoms with Crippen LogP contribution in [0.3, 0.4) is 0 Å². The van der Waals surface area contributed by atoms with Crippen molar-refractivity contribution in [1.82, 2.24) is 23.8 Å². The number of aryl methyl sites for hydroxylation is 1. The Morgan fingerprint density at radius 3 is 3.00 bits per heavy atom. The number of nitrogens with zero attached hydrogens (tertiary/aromatic N) is 6. The van der Waals surface area contributed by atoms with Gasteiger partial charge in [0.2, 0.25) is 5.13 Å². The van der Waals surface area contributed by atoms with E-state index < -0.39 is 0 Å². The maximum atomic E-state index is 4.55. The Labute approximate surface area is 129 Å². The van der Waals surface area contributed by atoms with Gasteiger partial charge < -0.3 is 9.47 Å². The lowest BCUT2D eigenvalue weighted by Crippen LogP contribution is -2.31. The molecule has 3 heterocycles. The molecule has 3 rings (SSSR count). The van der Waals surface area contributed by atoms with Gasteiger partial charge in [0.1, 0.15) is 5.82 Å². The van der Waals surface area contributed by atoms with E-state index in [0.717, 1.165) is 37.0 Å². The fraction of sp³-hybridized carbons (Fsp3) is 0.643. The van der Waals surface area contributed by atoms with E-state index in [1.54, 1.807) is 0 Å². The summed E-state index contributed by atoms with van der Waals surface area (Å²) in [6.45, 7) is 2.97. The lowest BCUT2D eigenvalue weighted by Gasteiger charge is -2.27. The van der Waals surface area contributed by atoms with Crippen LogP contribution in [0.2, 0.25) is 0 Å². The Balaban J connectivity index is 1.53. The summed E-state index contributed by atoms with van der Waals surface area (Å²) >= 11 is 1.46. The van der Waals surface area contributed by atoms with Gasteiger partial charge in [-0.3, -0.25) is 4.90 Å². The first kappa shape index (κ1) is 14.5. The molecular formula is C14H22N6S. The molecule has 0 unspecified atom stereocenters. The highest BCUT2D eigenvalue weighted by Crippen LogP contribution is 2.20. The first-order valence-electron chi connectivity index (χ1n) is 7.30. The van der Waals surface area contributed by atoms with E-state index in [1.165, 1.54) is 23.8 Å². The summed E-state index contributed by atoms with van der Waals surface area (Å²) in [6.07, 6.45) is 6.30. The molecule has 1 atom stereocenters. The number of hydrogen-bond donors (Lipinski definition) is 0. The molecule has 1 aliphatic rings. The van der Waals surface area contributed by atoms with Gasteiger partial charge in [0.15, 0.2) is 5.82 Å². The fourth-order valence-corrected chi connectivity index (χ4v) is 3.42. The smallest absolute Gasteiger partial charge is 0.204 e. The topological polar surface area (TPSA) is 50.1 Å². The van der Waals surface area contributed by atoms with Crippen LogP contribution in [-0.4, -0.2) is 51.5 Å². The molecule has 0 saturated heterocycles. The van der Waals surface area contributed by atoms with Crippen molar-refractivity contribution < 1.29 is 0 Å². The monoisotopic (exact) mass is 306 g/mol. The van der Waals surface area contributed by atoms with E-state index in [2.05, 4.69) is 37.1 Å². The zero-order chi connectivity index (χ0) is 14.8. The van der Waals surface area contributed by atoms with Gasteiger partial charge in [0, 0.05) is 57.5 Å². The Bertz CT molecular complexity index is 590. The van der Waals surface area contributed by atoms with Gasteiger partial charge in [-0.25, -0.2) is 9.97 Å². The second-order valence-corrected chi connectivity index (χ2v) is 6.72. The molecule has 1 aliphatic heterocycles. The van der Waals surface area contributed by atoms with Crippen molar-refractivity contribution in [2.45, 2.75) is 25.9 Å². The molecule has 0 N–H and O–H groups in total. The maximum Gasteiger partial charge on any atom is 0.204 e. The molecule has 0 radical (unpaired) electrons. The summed E-state index contributed by atoms with van der Waals surface area (Å²) < 4.78 is 6.72. The molecular weight excluding hydrogens is 284 g/mol. The van der Waals surface area contributed by atoms with Crippen molar-refractivity contribution in [2.75, 3.05) is 32.6 Å². The van der Waals surface area contributed by atoms with Crippen molar-refractivity contribution in [2.24, 2.45) is 5.92 Å². The van der Waals surface area contributed by atoms with Crippen molar-refractivity contribution in [3.8, 4) is 0 Å². The molecule has 2 aromatic rings. The molecule has 0 aliphatic carbocycles. The Morgan fingerprint density at radius 1 is 1.38 bits per heavy atom. The lowest BCUT2D eigenvalue weighted by molar-refractivity contribution is 0.226. The second-order valence-electron chi connectivity index (χ2n) is 5.98. The van der Waals surface area contributed by atoms with E-state index in [-0.39, 0.29) is 0 Å². The van der Waals surface area contributed by atoms with Crippen molar-refractivity contribution in [1.29, 1.82) is 0 Å². The van der Waals surface area contributed by atoms with Crippen LogP contribution in [0.25, 0.3) is 0 Å². The maximum absolute atomic E-state index is 4.55. The van der Waals surface area contributed by atoms with E-state index in [4.69, 9.17) is 0 Å². The van der Waals surface area contributed by atoms with Crippen LogP contribution < -0.4 is 4.90 Å². The Morgan fingerprint density at radius 2 is 2.24 bits per heavy atom. The number of imidazole rings is 1. The molecule has 114 valence electrons. The first-order valence-corrected chi connectivity index (χ1v) is 8.07. The Hall–Kier alpha value is -1.47. The van der Waals surface area contributed by atoms with Gasteiger partial charge in [0.25, 0.3) is 0 Å². The minimum Gasteiger partial charge on any atom is -0.353 e. The van der Waals surface area contributed by atoms with E-state index in [9.17, 15) is 0 Å². The molecule has 7 heteroatoms. The second kappa shape index (κ2) is 6.11. The average Bonchev–Trinajstić information content (AvgIpc) is 3.06. The number of anilines is 1. The van der Waals surface area contributed by atoms with Crippen LogP contribution >= 0.6 is 11.5 Å². The summed E-state index contributed by atoms with van der Waals surface area (Å²) in [5.74, 6) is 2.83. The molecule has 0 amide bonds. The van der Waals surface area contributed by atoms with Crippen molar-refractivity contribution in [3.63, 3.8) is 0 Å². The van der Waals surface area contributed by atoms with Gasteiger partial charge in [-0.1, -0.05) is 0 Å². The summed E-state index contributed by atoms with van der Waals surface area (Å²) in [4.78, 5) is 13.3. The predicted molar refractivity (Wildman–Crippen MR) is 84.6 cm³/mol. The number of aromatic nitrogens is 4. The summed E-state index contributed by atoms with van der Waals surface area (Å²) in [5.41, 5.74) is 0. The zero-order valence-corrected chi connectivity index (χ0v) is 13.7. The SMILES string of the molecule is CN(Cc1nsc(N(C)C)n1)C[C@@H]1CCc2nccn2C1. The fourth-order valence-electron chi connectivity index (χ4n) is 2.82. The highest BCUT2D eigenvalue weighted by Gasteiger charge is 2.20. The minimum absolute atomic E-state index is 0.684. The molecule has 0 saturated carbocycles. The van der Waals surface area contributed by atoms with Gasteiger partial charge in [-0.05, 0) is 19.4 Å². The van der Waals surface area contributed by atoms with Crippen LogP contribution in [0.5, 0.6) is 0 Å². The molecule has 0 spiro atoms. The van der Waals surface area contributed by atoms with Gasteiger partial charge in [0.05, 0.1) is 6.54 Å². The molecule has 6 nitrogen and oxygen atoms in total. The highest BCUT2D eigenvalue weighted by molar-refractivity contribution is 7.09. The average molecular weight is 306 g/mol. The molecule has 0 fully saturated rings. The zero-order valence-electron chi connectivity index (χ0n) is 12.9. The van der Waals surface area contributed by atoms with Gasteiger partial charge >= 0.3 is 0 Å². The third-order valence-corrected chi connectivity index (χ3v) is 4.78. The van der Waals surface area contributed by atoms with Crippen LogP contribution in [0.15, 0.2) is 12.4 Å². The quantitative estimate of drug-likeness (QED) is 0.838. The summed E-state index contributed by atoms with van der Waals surface area (Å²) in [7, 11) is 6.15. The van der Waals surface area contributed by atoms with Crippen LogP contribution in [0.4, 0.5) is 5.13 Å². The van der Waals surface area contributed by atoms with Crippen molar-refractivity contribution in [3.05, 3.63) is 24.0 Å². The third-order valence-electron chi connectivity index (χ3n) is 3.85. The molecule has 0 aromatic carbocycles. The van der Waals surface area contributed by atoms with E-state index in [0.29, 0.717) is 5.92 Å². The van der Waals surface area contributed by atoms with Crippen LogP contribution in [-0.2, 0) is 19.5 Å². The molecule has 2 aromatic heterocycles. The Kier molecular flexibility index (Phi) is 4.21. The normalized spacial score (nSPS) is 18.0. The largest absolute Gasteiger partial charge is 0.353 e.